The largest absolute Gasteiger partial charge is 0.494 e. The van der Waals surface area contributed by atoms with Crippen LogP contribution in [0.2, 0.25) is 0 Å². The average Bonchev–Trinajstić information content (AvgIpc) is 2.66. The van der Waals surface area contributed by atoms with Crippen molar-refractivity contribution in [2.75, 3.05) is 18.1 Å². The van der Waals surface area contributed by atoms with Gasteiger partial charge in [0.1, 0.15) is 5.75 Å². The fourth-order valence-electron chi connectivity index (χ4n) is 3.48. The normalized spacial score (nSPS) is 14.7. The summed E-state index contributed by atoms with van der Waals surface area (Å²) in [6.07, 6.45) is 4.84. The summed E-state index contributed by atoms with van der Waals surface area (Å²) >= 11 is 0. The summed E-state index contributed by atoms with van der Waals surface area (Å²) < 4.78 is 10.8. The number of hydrogen-bond donors (Lipinski definition) is 0. The molecular formula is C22H25N3O4. The van der Waals surface area contributed by atoms with Crippen LogP contribution in [0.25, 0.3) is 5.57 Å². The topological polar surface area (TPSA) is 81.6 Å². The van der Waals surface area contributed by atoms with Crippen LogP contribution in [0.15, 0.2) is 36.7 Å². The van der Waals surface area contributed by atoms with Gasteiger partial charge in [0.2, 0.25) is 0 Å². The molecule has 1 aromatic heterocycles. The van der Waals surface area contributed by atoms with Gasteiger partial charge in [0.25, 0.3) is 5.91 Å². The first-order valence-corrected chi connectivity index (χ1v) is 9.48. The van der Waals surface area contributed by atoms with Gasteiger partial charge in [0.05, 0.1) is 29.7 Å². The van der Waals surface area contributed by atoms with Crippen LogP contribution >= 0.6 is 0 Å². The van der Waals surface area contributed by atoms with Gasteiger partial charge in [-0.15, -0.1) is 0 Å². The quantitative estimate of drug-likeness (QED) is 0.720. The fraction of sp³-hybridized carbons (Fsp3) is 0.364. The van der Waals surface area contributed by atoms with Crippen molar-refractivity contribution in [3.63, 3.8) is 0 Å². The molecule has 7 nitrogen and oxygen atoms in total. The molecule has 1 aliphatic rings. The minimum Gasteiger partial charge on any atom is -0.494 e. The van der Waals surface area contributed by atoms with E-state index in [1.807, 2.05) is 52.0 Å². The van der Waals surface area contributed by atoms with Crippen LogP contribution in [0, 0.1) is 6.92 Å². The van der Waals surface area contributed by atoms with Gasteiger partial charge in [0, 0.05) is 11.8 Å². The number of esters is 1. The molecule has 29 heavy (non-hydrogen) atoms. The number of amides is 1. The van der Waals surface area contributed by atoms with E-state index in [4.69, 9.17) is 9.47 Å². The lowest BCUT2D eigenvalue weighted by atomic mass is 9.88. The highest BCUT2D eigenvalue weighted by atomic mass is 16.5. The second kappa shape index (κ2) is 8.03. The van der Waals surface area contributed by atoms with Crippen molar-refractivity contribution in [1.82, 2.24) is 9.97 Å². The van der Waals surface area contributed by atoms with Crippen LogP contribution in [0.5, 0.6) is 5.75 Å². The highest BCUT2D eigenvalue weighted by Gasteiger charge is 2.36. The number of hydrogen-bond acceptors (Lipinski definition) is 6. The smallest absolute Gasteiger partial charge is 0.359 e. The zero-order valence-electron chi connectivity index (χ0n) is 17.4. The molecule has 1 aliphatic heterocycles. The molecule has 0 fully saturated rings. The maximum atomic E-state index is 13.0. The Morgan fingerprint density at radius 1 is 1.14 bits per heavy atom. The van der Waals surface area contributed by atoms with Gasteiger partial charge < -0.3 is 9.47 Å². The number of ether oxygens (including phenoxy) is 2. The zero-order chi connectivity index (χ0) is 21.2. The number of fused-ring (bicyclic) bond motifs is 1. The summed E-state index contributed by atoms with van der Waals surface area (Å²) in [4.78, 5) is 34.9. The van der Waals surface area contributed by atoms with E-state index < -0.39 is 18.1 Å². The molecule has 2 heterocycles. The van der Waals surface area contributed by atoms with Crippen molar-refractivity contribution in [1.29, 1.82) is 0 Å². The standard InChI is InChI=1S/C22H25N3O4/c1-6-28-16-7-8-19-17(9-16)14(2)10-22(4,5)25(19)20(26)13-29-21(27)18-12-23-15(3)11-24-18/h7-12H,6,13H2,1-5H3. The molecule has 0 atom stereocenters. The zero-order valence-corrected chi connectivity index (χ0v) is 17.4. The SMILES string of the molecule is CCOc1ccc2c(c1)C(C)=CC(C)(C)N2C(=O)COC(=O)c1cnc(C)cn1. The highest BCUT2D eigenvalue weighted by Crippen LogP contribution is 2.40. The molecule has 0 radical (unpaired) electrons. The lowest BCUT2D eigenvalue weighted by molar-refractivity contribution is -0.122. The Bertz CT molecular complexity index is 965. The van der Waals surface area contributed by atoms with Gasteiger partial charge in [-0.2, -0.15) is 0 Å². The van der Waals surface area contributed by atoms with Crippen molar-refractivity contribution in [2.45, 2.75) is 40.2 Å². The molecule has 0 saturated heterocycles. The second-order valence-electron chi connectivity index (χ2n) is 7.44. The van der Waals surface area contributed by atoms with E-state index in [1.165, 1.54) is 12.4 Å². The number of nitrogens with zero attached hydrogens (tertiary/aromatic N) is 3. The monoisotopic (exact) mass is 395 g/mol. The van der Waals surface area contributed by atoms with Crippen molar-refractivity contribution in [2.24, 2.45) is 0 Å². The summed E-state index contributed by atoms with van der Waals surface area (Å²) in [5.41, 5.74) is 2.92. The number of aryl methyl sites for hydroxylation is 1. The van der Waals surface area contributed by atoms with Crippen LogP contribution in [-0.4, -0.2) is 40.6 Å². The lowest BCUT2D eigenvalue weighted by Gasteiger charge is -2.41. The third-order valence-corrected chi connectivity index (χ3v) is 4.66. The molecule has 2 aromatic rings. The first-order valence-electron chi connectivity index (χ1n) is 9.48. The molecule has 0 unspecified atom stereocenters. The Morgan fingerprint density at radius 2 is 1.90 bits per heavy atom. The van der Waals surface area contributed by atoms with Gasteiger partial charge in [-0.05, 0) is 58.4 Å². The molecule has 0 aliphatic carbocycles. The van der Waals surface area contributed by atoms with Crippen LogP contribution in [0.4, 0.5) is 5.69 Å². The maximum absolute atomic E-state index is 13.0. The molecule has 0 bridgehead atoms. The number of anilines is 1. The summed E-state index contributed by atoms with van der Waals surface area (Å²) in [5.74, 6) is -0.257. The summed E-state index contributed by atoms with van der Waals surface area (Å²) in [5, 5.41) is 0. The number of benzene rings is 1. The number of carbonyl (C=O) groups is 2. The predicted octanol–water partition coefficient (Wildman–Crippen LogP) is 3.57. The first kappa shape index (κ1) is 20.5. The van der Waals surface area contributed by atoms with E-state index in [2.05, 4.69) is 9.97 Å². The summed E-state index contributed by atoms with van der Waals surface area (Å²) in [6, 6.07) is 5.63. The van der Waals surface area contributed by atoms with E-state index in [9.17, 15) is 9.59 Å². The minimum atomic E-state index is -0.681. The summed E-state index contributed by atoms with van der Waals surface area (Å²) in [7, 11) is 0. The predicted molar refractivity (Wildman–Crippen MR) is 110 cm³/mol. The van der Waals surface area contributed by atoms with Crippen molar-refractivity contribution in [3.8, 4) is 5.75 Å². The molecule has 1 aromatic carbocycles. The summed E-state index contributed by atoms with van der Waals surface area (Å²) in [6.45, 7) is 9.77. The highest BCUT2D eigenvalue weighted by molar-refractivity contribution is 6.02. The Kier molecular flexibility index (Phi) is 5.68. The Morgan fingerprint density at radius 3 is 2.55 bits per heavy atom. The molecular weight excluding hydrogens is 370 g/mol. The first-order chi connectivity index (χ1) is 13.7. The average molecular weight is 395 g/mol. The van der Waals surface area contributed by atoms with E-state index >= 15 is 0 Å². The molecule has 7 heteroatoms. The van der Waals surface area contributed by atoms with Gasteiger partial charge in [-0.1, -0.05) is 6.08 Å². The Labute approximate surface area is 170 Å². The lowest BCUT2D eigenvalue weighted by Crippen LogP contribution is -2.50. The van der Waals surface area contributed by atoms with E-state index in [0.29, 0.717) is 12.3 Å². The number of aromatic nitrogens is 2. The fourth-order valence-corrected chi connectivity index (χ4v) is 3.48. The minimum absolute atomic E-state index is 0.0683. The van der Waals surface area contributed by atoms with E-state index in [0.717, 1.165) is 22.6 Å². The van der Waals surface area contributed by atoms with Gasteiger partial charge >= 0.3 is 5.97 Å². The Balaban J connectivity index is 1.82. The van der Waals surface area contributed by atoms with Crippen LogP contribution in [0.1, 0.15) is 49.4 Å². The molecule has 0 saturated carbocycles. The van der Waals surface area contributed by atoms with Gasteiger partial charge in [0.15, 0.2) is 12.3 Å². The molecule has 3 rings (SSSR count). The number of allylic oxidation sites excluding steroid dienone is 1. The van der Waals surface area contributed by atoms with Gasteiger partial charge in [-0.3, -0.25) is 14.7 Å². The molecule has 1 amide bonds. The van der Waals surface area contributed by atoms with Crippen LogP contribution in [0.3, 0.4) is 0 Å². The molecule has 0 spiro atoms. The molecule has 152 valence electrons. The van der Waals surface area contributed by atoms with Gasteiger partial charge in [-0.25, -0.2) is 9.78 Å². The maximum Gasteiger partial charge on any atom is 0.359 e. The van der Waals surface area contributed by atoms with Crippen LogP contribution in [-0.2, 0) is 9.53 Å². The Hall–Kier alpha value is -3.22. The second-order valence-corrected chi connectivity index (χ2v) is 7.44. The third kappa shape index (κ3) is 4.29. The van der Waals surface area contributed by atoms with E-state index in [1.54, 1.807) is 11.8 Å². The third-order valence-electron chi connectivity index (χ3n) is 4.66. The number of carbonyl (C=O) groups excluding carboxylic acids is 2. The van der Waals surface area contributed by atoms with Crippen molar-refractivity contribution >= 4 is 23.1 Å². The number of rotatable bonds is 5. The molecule has 0 N–H and O–H groups in total. The van der Waals surface area contributed by atoms with Crippen molar-refractivity contribution < 1.29 is 19.1 Å². The van der Waals surface area contributed by atoms with Crippen molar-refractivity contribution in [3.05, 3.63) is 53.6 Å². The van der Waals surface area contributed by atoms with E-state index in [-0.39, 0.29) is 11.6 Å². The van der Waals surface area contributed by atoms with Crippen LogP contribution < -0.4 is 9.64 Å².